The molecule has 0 rings (SSSR count). The third-order valence-electron chi connectivity index (χ3n) is 0. The van der Waals surface area contributed by atoms with E-state index in [9.17, 15) is 0 Å². The molecular formula is CrCuMnMoSe. The van der Waals surface area contributed by atoms with Crippen LogP contribution in [0.2, 0.25) is 0 Å². The molecule has 0 saturated heterocycles. The Morgan fingerprint density at radius 3 is 1.00 bits per heavy atom. The first-order valence-electron chi connectivity index (χ1n) is 0. The molecule has 0 fully saturated rings. The summed E-state index contributed by atoms with van der Waals surface area (Å²) in [6.45, 7) is 0. The summed E-state index contributed by atoms with van der Waals surface area (Å²) in [4.78, 5) is 0. The van der Waals surface area contributed by atoms with E-state index < -0.39 is 0 Å². The predicted octanol–water partition coefficient (Wildman–Crippen LogP) is -0.391. The monoisotopic (exact) mass is 348 g/mol. The summed E-state index contributed by atoms with van der Waals surface area (Å²) < 4.78 is 0. The Balaban J connectivity index is 0. The molecule has 36 valence electrons. The van der Waals surface area contributed by atoms with Crippen molar-refractivity contribution >= 4 is 17.1 Å². The Morgan fingerprint density at radius 2 is 1.00 bits per heavy atom. The maximum atomic E-state index is 0. The average molecular weight is 345 g/mol. The minimum absolute atomic E-state index is 0. The first kappa shape index (κ1) is 46.3. The second-order valence-electron chi connectivity index (χ2n) is 0. The van der Waals surface area contributed by atoms with Crippen LogP contribution in [-0.2, 0) is 72.6 Å². The van der Waals surface area contributed by atoms with Crippen LogP contribution in [0.5, 0.6) is 0 Å². The van der Waals surface area contributed by atoms with Gasteiger partial charge in [0.15, 0.2) is 0 Å². The molecular weight excluding hydrogens is 345 g/mol. The number of rotatable bonds is 0. The zero-order valence-corrected chi connectivity index (χ0v) is 9.02. The molecule has 0 saturated carbocycles. The first-order chi connectivity index (χ1) is 0. The van der Waals surface area contributed by atoms with Gasteiger partial charge in [-0.15, -0.1) is 0 Å². The van der Waals surface area contributed by atoms with Crippen molar-refractivity contribution in [3.63, 3.8) is 0 Å². The van der Waals surface area contributed by atoms with Crippen LogP contribution in [-0.4, -0.2) is 17.1 Å². The Bertz CT molecular complexity index is 11.6. The number of hydrogen-bond donors (Lipinski definition) is 0. The first-order valence-corrected chi connectivity index (χ1v) is 0. The Kier molecular flexibility index (Phi) is 271. The summed E-state index contributed by atoms with van der Waals surface area (Å²) in [5.74, 6) is 0. The second kappa shape index (κ2) is 29.3. The molecule has 0 heterocycles. The van der Waals surface area contributed by atoms with E-state index in [1.807, 2.05) is 0 Å². The fourth-order valence-electron chi connectivity index (χ4n) is 0. The van der Waals surface area contributed by atoms with E-state index in [0.29, 0.717) is 0 Å². The van der Waals surface area contributed by atoms with E-state index in [1.54, 1.807) is 0 Å². The minimum Gasteiger partial charge on any atom is 0 e. The van der Waals surface area contributed by atoms with Gasteiger partial charge >= 0.3 is 0 Å². The van der Waals surface area contributed by atoms with E-state index >= 15 is 0 Å². The molecule has 0 aliphatic carbocycles. The molecule has 0 unspecified atom stereocenters. The SMILES string of the molecule is [Cr].[Cu].[Mn].[Mo].[Se]. The summed E-state index contributed by atoms with van der Waals surface area (Å²) in [6.07, 6.45) is 0. The van der Waals surface area contributed by atoms with E-state index in [-0.39, 0.29) is 89.6 Å². The largest absolute Gasteiger partial charge is 0 e. The molecule has 0 nitrogen and oxygen atoms in total. The van der Waals surface area contributed by atoms with E-state index in [0.717, 1.165) is 0 Å². The molecule has 0 aromatic heterocycles. The molecule has 0 spiro atoms. The van der Waals surface area contributed by atoms with Crippen molar-refractivity contribution in [2.45, 2.75) is 0 Å². The van der Waals surface area contributed by atoms with E-state index in [4.69, 9.17) is 0 Å². The fraction of sp³-hybridized carbons (Fsp3) is 0. The van der Waals surface area contributed by atoms with Gasteiger partial charge < -0.3 is 0 Å². The molecule has 4 radical (unpaired) electrons. The summed E-state index contributed by atoms with van der Waals surface area (Å²) in [5.41, 5.74) is 0. The molecule has 0 aliphatic heterocycles. The predicted molar refractivity (Wildman–Crippen MR) is 5.75 cm³/mol. The van der Waals surface area contributed by atoms with Gasteiger partial charge in [0.05, 0.1) is 0 Å². The van der Waals surface area contributed by atoms with Crippen molar-refractivity contribution < 1.29 is 72.6 Å². The summed E-state index contributed by atoms with van der Waals surface area (Å²) in [7, 11) is 0. The maximum absolute atomic E-state index is 0. The van der Waals surface area contributed by atoms with Gasteiger partial charge in [-0.2, -0.15) is 0 Å². The zero-order valence-electron chi connectivity index (χ0n) is 1.90. The topological polar surface area (TPSA) is 0 Å². The minimum atomic E-state index is 0. The molecule has 0 bridgehead atoms. The van der Waals surface area contributed by atoms with Crippen LogP contribution >= 0.6 is 0 Å². The van der Waals surface area contributed by atoms with Crippen LogP contribution in [0.3, 0.4) is 0 Å². The van der Waals surface area contributed by atoms with Crippen molar-refractivity contribution in [3.8, 4) is 0 Å². The third kappa shape index (κ3) is 20.0. The van der Waals surface area contributed by atoms with Crippen molar-refractivity contribution in [1.29, 1.82) is 0 Å². The van der Waals surface area contributed by atoms with Crippen LogP contribution in [0.1, 0.15) is 0 Å². The van der Waals surface area contributed by atoms with Crippen LogP contribution < -0.4 is 0 Å². The summed E-state index contributed by atoms with van der Waals surface area (Å²) in [5, 5.41) is 0. The Labute approximate surface area is 88.4 Å². The van der Waals surface area contributed by atoms with Gasteiger partial charge in [0.2, 0.25) is 0 Å². The Hall–Kier alpha value is 2.78. The molecule has 0 atom stereocenters. The molecule has 0 aromatic rings. The van der Waals surface area contributed by atoms with Gasteiger partial charge in [-0.3, -0.25) is 0 Å². The summed E-state index contributed by atoms with van der Waals surface area (Å²) in [6, 6.07) is 0. The van der Waals surface area contributed by atoms with Crippen molar-refractivity contribution in [2.75, 3.05) is 0 Å². The normalized spacial score (nSPS) is 0. The molecule has 0 aliphatic rings. The second-order valence-corrected chi connectivity index (χ2v) is 0. The zero-order chi connectivity index (χ0) is 0. The van der Waals surface area contributed by atoms with Crippen LogP contribution in [0, 0.1) is 0 Å². The van der Waals surface area contributed by atoms with Gasteiger partial charge in [0.1, 0.15) is 0 Å². The quantitative estimate of drug-likeness (QED) is 0.525. The molecule has 5 heavy (non-hydrogen) atoms. The fourth-order valence-corrected chi connectivity index (χ4v) is 0. The molecule has 0 amide bonds. The van der Waals surface area contributed by atoms with Gasteiger partial charge in [-0.25, -0.2) is 0 Å². The average Bonchev–Trinajstić information content (AvgIpc) is 0. The number of hydrogen-bond acceptors (Lipinski definition) is 0. The van der Waals surface area contributed by atoms with Crippen molar-refractivity contribution in [2.24, 2.45) is 0 Å². The molecule has 0 N–H and O–H groups in total. The van der Waals surface area contributed by atoms with E-state index in [2.05, 4.69) is 0 Å². The van der Waals surface area contributed by atoms with Crippen molar-refractivity contribution in [1.82, 2.24) is 0 Å². The van der Waals surface area contributed by atoms with Gasteiger partial charge in [-0.1, -0.05) is 0 Å². The standard InChI is InChI=1S/Cr.Cu.Mn.Mo.Se. The van der Waals surface area contributed by atoms with E-state index in [1.165, 1.54) is 0 Å². The maximum Gasteiger partial charge on any atom is 0 e. The summed E-state index contributed by atoms with van der Waals surface area (Å²) >= 11 is 0. The molecule has 5 heteroatoms. The third-order valence-corrected chi connectivity index (χ3v) is 0. The van der Waals surface area contributed by atoms with Crippen LogP contribution in [0.4, 0.5) is 0 Å². The van der Waals surface area contributed by atoms with Gasteiger partial charge in [0.25, 0.3) is 0 Å². The Morgan fingerprint density at radius 1 is 1.00 bits per heavy atom. The van der Waals surface area contributed by atoms with Crippen molar-refractivity contribution in [3.05, 3.63) is 0 Å². The smallest absolute Gasteiger partial charge is 0 e. The van der Waals surface area contributed by atoms with Crippen LogP contribution in [0.15, 0.2) is 0 Å². The van der Waals surface area contributed by atoms with Gasteiger partial charge in [-0.05, 0) is 0 Å². The van der Waals surface area contributed by atoms with Gasteiger partial charge in [0, 0.05) is 89.6 Å². The van der Waals surface area contributed by atoms with Crippen LogP contribution in [0.25, 0.3) is 0 Å². The molecule has 0 aromatic carbocycles.